The second-order valence-electron chi connectivity index (χ2n) is 2.16. The van der Waals surface area contributed by atoms with Gasteiger partial charge in [0.1, 0.15) is 6.20 Å². The van der Waals surface area contributed by atoms with Crippen LogP contribution in [0.4, 0.5) is 5.82 Å². The highest BCUT2D eigenvalue weighted by Crippen LogP contribution is 2.06. The molecule has 0 spiro atoms. The van der Waals surface area contributed by atoms with Crippen LogP contribution in [0.15, 0.2) is 6.20 Å². The lowest BCUT2D eigenvalue weighted by atomic mass is 10.3. The zero-order valence-corrected chi connectivity index (χ0v) is 6.24. The number of nitro groups is 1. The summed E-state index contributed by atoms with van der Waals surface area (Å²) in [4.78, 5) is 17.1. The second-order valence-corrected chi connectivity index (χ2v) is 2.16. The Balaban J connectivity index is 3.15. The standard InChI is InChI=1S/C6H7N3O2/c1-4-5(2)8-6(3-7-4)9(10)11/h3H,1-2H3. The molecule has 1 rings (SSSR count). The summed E-state index contributed by atoms with van der Waals surface area (Å²) >= 11 is 0. The molecule has 58 valence electrons. The first-order valence-corrected chi connectivity index (χ1v) is 3.06. The molecule has 5 nitrogen and oxygen atoms in total. The molecule has 0 saturated heterocycles. The van der Waals surface area contributed by atoms with E-state index in [2.05, 4.69) is 9.97 Å². The van der Waals surface area contributed by atoms with Gasteiger partial charge in [0.25, 0.3) is 0 Å². The molecular weight excluding hydrogens is 146 g/mol. The molecule has 0 aliphatic heterocycles. The molecule has 0 saturated carbocycles. The molecule has 0 N–H and O–H groups in total. The van der Waals surface area contributed by atoms with Crippen molar-refractivity contribution in [1.29, 1.82) is 0 Å². The van der Waals surface area contributed by atoms with Crippen molar-refractivity contribution in [2.24, 2.45) is 0 Å². The maximum absolute atomic E-state index is 10.2. The molecule has 0 unspecified atom stereocenters. The van der Waals surface area contributed by atoms with Gasteiger partial charge in [0.15, 0.2) is 5.69 Å². The van der Waals surface area contributed by atoms with Gasteiger partial charge < -0.3 is 10.1 Å². The van der Waals surface area contributed by atoms with Gasteiger partial charge >= 0.3 is 5.82 Å². The summed E-state index contributed by atoms with van der Waals surface area (Å²) in [7, 11) is 0. The molecule has 0 bridgehead atoms. The van der Waals surface area contributed by atoms with Crippen molar-refractivity contribution in [1.82, 2.24) is 9.97 Å². The Bertz CT molecular complexity index is 298. The largest absolute Gasteiger partial charge is 0.382 e. The molecule has 0 aliphatic rings. The van der Waals surface area contributed by atoms with E-state index in [9.17, 15) is 10.1 Å². The van der Waals surface area contributed by atoms with Gasteiger partial charge in [-0.2, -0.15) is 0 Å². The van der Waals surface area contributed by atoms with Gasteiger partial charge in [-0.25, -0.2) is 4.98 Å². The Morgan fingerprint density at radius 2 is 2.09 bits per heavy atom. The van der Waals surface area contributed by atoms with Gasteiger partial charge in [-0.1, -0.05) is 0 Å². The molecule has 0 fully saturated rings. The number of hydrogen-bond donors (Lipinski definition) is 0. The fourth-order valence-corrected chi connectivity index (χ4v) is 0.618. The first-order valence-electron chi connectivity index (χ1n) is 3.06. The highest BCUT2D eigenvalue weighted by atomic mass is 16.6. The summed E-state index contributed by atoms with van der Waals surface area (Å²) in [5.74, 6) is -0.201. The van der Waals surface area contributed by atoms with Gasteiger partial charge in [0, 0.05) is 6.92 Å². The number of hydrogen-bond acceptors (Lipinski definition) is 4. The lowest BCUT2D eigenvalue weighted by Gasteiger charge is -1.93. The summed E-state index contributed by atoms with van der Waals surface area (Å²) in [6.07, 6.45) is 1.16. The van der Waals surface area contributed by atoms with Crippen molar-refractivity contribution in [3.63, 3.8) is 0 Å². The van der Waals surface area contributed by atoms with Gasteiger partial charge in [0.2, 0.25) is 0 Å². The highest BCUT2D eigenvalue weighted by molar-refractivity contribution is 5.19. The van der Waals surface area contributed by atoms with Gasteiger partial charge in [-0.15, -0.1) is 0 Å². The Morgan fingerprint density at radius 3 is 2.55 bits per heavy atom. The van der Waals surface area contributed by atoms with Crippen LogP contribution >= 0.6 is 0 Å². The lowest BCUT2D eigenvalue weighted by molar-refractivity contribution is -0.390. The van der Waals surface area contributed by atoms with Crippen molar-refractivity contribution in [2.45, 2.75) is 13.8 Å². The summed E-state index contributed by atoms with van der Waals surface area (Å²) in [5, 5.41) is 10.2. The van der Waals surface area contributed by atoms with Crippen molar-refractivity contribution >= 4 is 5.82 Å². The van der Waals surface area contributed by atoms with E-state index in [-0.39, 0.29) is 5.82 Å². The van der Waals surface area contributed by atoms with E-state index in [0.29, 0.717) is 5.69 Å². The SMILES string of the molecule is Cc1ncc([N+](=O)[O-])nc1C. The van der Waals surface area contributed by atoms with E-state index in [1.807, 2.05) is 0 Å². The van der Waals surface area contributed by atoms with E-state index in [1.165, 1.54) is 0 Å². The average Bonchev–Trinajstić information content (AvgIpc) is 1.94. The molecule has 1 aromatic heterocycles. The van der Waals surface area contributed by atoms with Crippen molar-refractivity contribution in [3.8, 4) is 0 Å². The Morgan fingerprint density at radius 1 is 1.45 bits per heavy atom. The van der Waals surface area contributed by atoms with E-state index in [0.717, 1.165) is 11.9 Å². The third-order valence-corrected chi connectivity index (χ3v) is 1.37. The summed E-state index contributed by atoms with van der Waals surface area (Å²) in [6, 6.07) is 0. The van der Waals surface area contributed by atoms with Gasteiger partial charge in [-0.3, -0.25) is 0 Å². The van der Waals surface area contributed by atoms with Crippen LogP contribution < -0.4 is 0 Å². The minimum atomic E-state index is -0.556. The number of rotatable bonds is 1. The first kappa shape index (κ1) is 7.59. The maximum atomic E-state index is 10.2. The van der Waals surface area contributed by atoms with Crippen LogP contribution in [0.5, 0.6) is 0 Å². The van der Waals surface area contributed by atoms with Crippen molar-refractivity contribution in [2.75, 3.05) is 0 Å². The minimum Gasteiger partial charge on any atom is -0.358 e. The van der Waals surface area contributed by atoms with E-state index < -0.39 is 4.92 Å². The average molecular weight is 153 g/mol. The maximum Gasteiger partial charge on any atom is 0.382 e. The molecule has 1 heterocycles. The molecule has 5 heteroatoms. The fraction of sp³-hybridized carbons (Fsp3) is 0.333. The first-order chi connectivity index (χ1) is 5.11. The lowest BCUT2D eigenvalue weighted by Crippen LogP contribution is -1.97. The summed E-state index contributed by atoms with van der Waals surface area (Å²) < 4.78 is 0. The Hall–Kier alpha value is -1.52. The molecule has 1 aromatic rings. The molecule has 0 amide bonds. The molecule has 11 heavy (non-hydrogen) atoms. The quantitative estimate of drug-likeness (QED) is 0.445. The third-order valence-electron chi connectivity index (χ3n) is 1.37. The molecular formula is C6H7N3O2. The van der Waals surface area contributed by atoms with E-state index >= 15 is 0 Å². The van der Waals surface area contributed by atoms with Crippen LogP contribution in [0, 0.1) is 24.0 Å². The summed E-state index contributed by atoms with van der Waals surface area (Å²) in [5.41, 5.74) is 1.31. The van der Waals surface area contributed by atoms with Gasteiger partial charge in [0.05, 0.1) is 5.69 Å². The predicted octanol–water partition coefficient (Wildman–Crippen LogP) is 1.00. The molecule has 0 radical (unpaired) electrons. The smallest absolute Gasteiger partial charge is 0.358 e. The number of nitrogens with zero attached hydrogens (tertiary/aromatic N) is 3. The molecule has 0 atom stereocenters. The minimum absolute atomic E-state index is 0.201. The third kappa shape index (κ3) is 1.49. The van der Waals surface area contributed by atoms with E-state index in [4.69, 9.17) is 0 Å². The van der Waals surface area contributed by atoms with Crippen LogP contribution in [0.25, 0.3) is 0 Å². The highest BCUT2D eigenvalue weighted by Gasteiger charge is 2.09. The molecule has 0 aliphatic carbocycles. The Kier molecular flexibility index (Phi) is 1.80. The van der Waals surface area contributed by atoms with Crippen LogP contribution in [-0.4, -0.2) is 14.9 Å². The summed E-state index contributed by atoms with van der Waals surface area (Å²) in [6.45, 7) is 3.45. The van der Waals surface area contributed by atoms with Crippen LogP contribution in [0.3, 0.4) is 0 Å². The van der Waals surface area contributed by atoms with Gasteiger partial charge in [-0.05, 0) is 16.8 Å². The predicted molar refractivity (Wildman–Crippen MR) is 38.2 cm³/mol. The Labute approximate surface area is 63.3 Å². The van der Waals surface area contributed by atoms with E-state index in [1.54, 1.807) is 13.8 Å². The van der Waals surface area contributed by atoms with Crippen molar-refractivity contribution in [3.05, 3.63) is 27.7 Å². The molecule has 0 aromatic carbocycles. The van der Waals surface area contributed by atoms with Crippen LogP contribution in [0.1, 0.15) is 11.4 Å². The normalized spacial score (nSPS) is 9.64. The monoisotopic (exact) mass is 153 g/mol. The fourth-order valence-electron chi connectivity index (χ4n) is 0.618. The van der Waals surface area contributed by atoms with Crippen LogP contribution in [0.2, 0.25) is 0 Å². The number of aromatic nitrogens is 2. The zero-order valence-electron chi connectivity index (χ0n) is 6.24. The second kappa shape index (κ2) is 2.61. The van der Waals surface area contributed by atoms with Crippen LogP contribution in [-0.2, 0) is 0 Å². The topological polar surface area (TPSA) is 68.9 Å². The van der Waals surface area contributed by atoms with Crippen molar-refractivity contribution < 1.29 is 4.92 Å². The number of aryl methyl sites for hydroxylation is 2. The zero-order chi connectivity index (χ0) is 8.43.